The summed E-state index contributed by atoms with van der Waals surface area (Å²) in [5, 5.41) is 12.1. The maximum Gasteiger partial charge on any atom is 0.330 e. The second-order valence-corrected chi connectivity index (χ2v) is 7.96. The number of benzene rings is 1. The molecule has 11 nitrogen and oxygen atoms in total. The molecule has 0 atom stereocenters. The van der Waals surface area contributed by atoms with E-state index in [4.69, 9.17) is 10.5 Å². The molecule has 0 spiro atoms. The van der Waals surface area contributed by atoms with Crippen LogP contribution in [0.15, 0.2) is 39.0 Å². The Labute approximate surface area is 188 Å². The van der Waals surface area contributed by atoms with Gasteiger partial charge in [0.1, 0.15) is 11.4 Å². The minimum absolute atomic E-state index is 0.109. The van der Waals surface area contributed by atoms with Crippen molar-refractivity contribution >= 4 is 23.4 Å². The number of aryl methyl sites for hydroxylation is 1. The van der Waals surface area contributed by atoms with Crippen LogP contribution in [-0.4, -0.2) is 55.0 Å². The first-order valence-electron chi connectivity index (χ1n) is 10.1. The molecule has 0 fully saturated rings. The number of carbonyl (C=O) groups excluding carboxylic acids is 1. The van der Waals surface area contributed by atoms with Crippen LogP contribution >= 0.6 is 11.8 Å². The van der Waals surface area contributed by atoms with E-state index < -0.39 is 17.0 Å². The predicted molar refractivity (Wildman–Crippen MR) is 120 cm³/mol. The first kappa shape index (κ1) is 23.4. The van der Waals surface area contributed by atoms with E-state index in [1.807, 2.05) is 24.3 Å². The van der Waals surface area contributed by atoms with Crippen molar-refractivity contribution < 1.29 is 9.53 Å². The van der Waals surface area contributed by atoms with Crippen molar-refractivity contribution in [2.75, 3.05) is 25.2 Å². The molecule has 0 aliphatic carbocycles. The number of nitrogens with two attached hydrogens (primary N) is 1. The van der Waals surface area contributed by atoms with Gasteiger partial charge in [-0.15, -0.1) is 5.10 Å². The van der Waals surface area contributed by atoms with Crippen LogP contribution in [0.5, 0.6) is 0 Å². The van der Waals surface area contributed by atoms with Crippen molar-refractivity contribution in [3.63, 3.8) is 0 Å². The molecule has 3 N–H and O–H groups in total. The molecule has 0 radical (unpaired) electrons. The Morgan fingerprint density at radius 1 is 1.25 bits per heavy atom. The number of nitrogens with zero attached hydrogens (tertiary/aromatic N) is 5. The van der Waals surface area contributed by atoms with E-state index >= 15 is 0 Å². The molecule has 12 heteroatoms. The average molecular weight is 460 g/mol. The molecule has 0 aliphatic heterocycles. The smallest absolute Gasteiger partial charge is 0.330 e. The maximum atomic E-state index is 12.8. The fourth-order valence-electron chi connectivity index (χ4n) is 3.08. The first-order chi connectivity index (χ1) is 15.5. The third-order valence-electron chi connectivity index (χ3n) is 4.81. The Kier molecular flexibility index (Phi) is 7.95. The van der Waals surface area contributed by atoms with Crippen LogP contribution in [0, 0.1) is 0 Å². The molecular weight excluding hydrogens is 434 g/mol. The number of hydrogen-bond donors (Lipinski definition) is 2. The van der Waals surface area contributed by atoms with Crippen molar-refractivity contribution in [3.8, 4) is 5.69 Å². The number of aromatic nitrogens is 6. The van der Waals surface area contributed by atoms with Gasteiger partial charge in [-0.3, -0.25) is 19.1 Å². The summed E-state index contributed by atoms with van der Waals surface area (Å²) in [6, 6.07) is 7.88. The molecular formula is C20H25N7O4S. The number of carbonyl (C=O) groups is 1. The number of methoxy groups -OCH3 is 1. The lowest BCUT2D eigenvalue weighted by Crippen LogP contribution is -2.37. The van der Waals surface area contributed by atoms with Gasteiger partial charge in [-0.2, -0.15) is 4.68 Å². The molecule has 170 valence electrons. The average Bonchev–Trinajstić information content (AvgIpc) is 3.25. The monoisotopic (exact) mass is 459 g/mol. The Balaban J connectivity index is 1.76. The molecule has 0 saturated heterocycles. The van der Waals surface area contributed by atoms with Crippen molar-refractivity contribution in [1.82, 2.24) is 29.8 Å². The molecule has 0 amide bonds. The number of rotatable bonds is 11. The molecule has 32 heavy (non-hydrogen) atoms. The lowest BCUT2D eigenvalue weighted by atomic mass is 10.1. The van der Waals surface area contributed by atoms with Crippen LogP contribution in [0.4, 0.5) is 5.82 Å². The zero-order valence-electron chi connectivity index (χ0n) is 17.9. The summed E-state index contributed by atoms with van der Waals surface area (Å²) < 4.78 is 7.57. The minimum atomic E-state index is -0.825. The number of tetrazole rings is 1. The van der Waals surface area contributed by atoms with Crippen LogP contribution < -0.4 is 17.0 Å². The molecule has 1 aromatic carbocycles. The zero-order valence-corrected chi connectivity index (χ0v) is 18.7. The van der Waals surface area contributed by atoms with Gasteiger partial charge in [0.05, 0.1) is 24.6 Å². The van der Waals surface area contributed by atoms with Crippen LogP contribution in [0.3, 0.4) is 0 Å². The Bertz CT molecular complexity index is 1180. The van der Waals surface area contributed by atoms with Crippen molar-refractivity contribution in [2.45, 2.75) is 37.9 Å². The second-order valence-electron chi connectivity index (χ2n) is 7.02. The number of ketones is 1. The van der Waals surface area contributed by atoms with E-state index in [0.717, 1.165) is 41.3 Å². The predicted octanol–water partition coefficient (Wildman–Crippen LogP) is 1.06. The summed E-state index contributed by atoms with van der Waals surface area (Å²) in [4.78, 5) is 39.1. The fourth-order valence-corrected chi connectivity index (χ4v) is 3.84. The van der Waals surface area contributed by atoms with Gasteiger partial charge < -0.3 is 10.5 Å². The summed E-state index contributed by atoms with van der Waals surface area (Å²) in [5.74, 6) is -0.863. The SMILES string of the molecule is CCCCc1ccc(-n2nnnc2SCC(=O)c2c(N)n(CCOC)c(=O)[nH]c2=O)cc1. The summed E-state index contributed by atoms with van der Waals surface area (Å²) >= 11 is 1.07. The Morgan fingerprint density at radius 3 is 2.69 bits per heavy atom. The Morgan fingerprint density at radius 2 is 2.00 bits per heavy atom. The number of hydrogen-bond acceptors (Lipinski definition) is 9. The number of thioether (sulfide) groups is 1. The van der Waals surface area contributed by atoms with E-state index in [-0.39, 0.29) is 30.3 Å². The van der Waals surface area contributed by atoms with Crippen LogP contribution in [0.1, 0.15) is 35.7 Å². The number of ether oxygens (including phenoxy) is 1. The van der Waals surface area contributed by atoms with Gasteiger partial charge in [0.2, 0.25) is 5.16 Å². The van der Waals surface area contributed by atoms with Gasteiger partial charge >= 0.3 is 5.69 Å². The number of anilines is 1. The molecule has 2 heterocycles. The van der Waals surface area contributed by atoms with E-state index in [9.17, 15) is 14.4 Å². The number of nitrogen functional groups attached to an aromatic ring is 1. The Hall–Kier alpha value is -3.25. The highest BCUT2D eigenvalue weighted by atomic mass is 32.2. The van der Waals surface area contributed by atoms with Crippen molar-refractivity contribution in [3.05, 3.63) is 56.2 Å². The standard InChI is InChI=1S/C20H25N7O4S/c1-3-4-5-13-6-8-14(9-7-13)27-20(23-24-25-27)32-12-15(28)16-17(21)26(10-11-31-2)19(30)22-18(16)29/h6-9H,3-5,10-12,21H2,1-2H3,(H,22,29,30). The highest BCUT2D eigenvalue weighted by Crippen LogP contribution is 2.20. The largest absolute Gasteiger partial charge is 0.384 e. The van der Waals surface area contributed by atoms with Gasteiger partial charge in [0.15, 0.2) is 5.78 Å². The number of H-pyrrole nitrogens is 1. The summed E-state index contributed by atoms with van der Waals surface area (Å²) in [7, 11) is 1.47. The highest BCUT2D eigenvalue weighted by Gasteiger charge is 2.21. The van der Waals surface area contributed by atoms with E-state index in [2.05, 4.69) is 27.4 Å². The van der Waals surface area contributed by atoms with Crippen molar-refractivity contribution in [1.29, 1.82) is 0 Å². The summed E-state index contributed by atoms with van der Waals surface area (Å²) in [6.07, 6.45) is 3.25. The quantitative estimate of drug-likeness (QED) is 0.317. The molecule has 0 saturated carbocycles. The van der Waals surface area contributed by atoms with Gasteiger partial charge in [-0.25, -0.2) is 4.79 Å². The normalized spacial score (nSPS) is 11.1. The number of Topliss-reactive ketones (excluding diaryl/α,β-unsaturated/α-hetero) is 1. The highest BCUT2D eigenvalue weighted by molar-refractivity contribution is 7.99. The van der Waals surface area contributed by atoms with Crippen LogP contribution in [0.2, 0.25) is 0 Å². The van der Waals surface area contributed by atoms with Gasteiger partial charge in [0.25, 0.3) is 5.56 Å². The summed E-state index contributed by atoms with van der Waals surface area (Å²) in [6.45, 7) is 2.46. The zero-order chi connectivity index (χ0) is 23.1. The minimum Gasteiger partial charge on any atom is -0.384 e. The molecule has 2 aromatic heterocycles. The number of aromatic amines is 1. The number of nitrogens with one attached hydrogen (secondary N) is 1. The van der Waals surface area contributed by atoms with Crippen LogP contribution in [0.25, 0.3) is 5.69 Å². The molecule has 3 rings (SSSR count). The van der Waals surface area contributed by atoms with Gasteiger partial charge in [0, 0.05) is 7.11 Å². The number of unbranched alkanes of at least 4 members (excludes halogenated alkanes) is 1. The van der Waals surface area contributed by atoms with Crippen molar-refractivity contribution in [2.24, 2.45) is 0 Å². The van der Waals surface area contributed by atoms with Gasteiger partial charge in [-0.1, -0.05) is 37.2 Å². The fraction of sp³-hybridized carbons (Fsp3) is 0.400. The topological polar surface area (TPSA) is 151 Å². The van der Waals surface area contributed by atoms with Gasteiger partial charge in [-0.05, 0) is 41.0 Å². The van der Waals surface area contributed by atoms with Crippen LogP contribution in [-0.2, 0) is 17.7 Å². The third-order valence-corrected chi connectivity index (χ3v) is 5.73. The molecule has 0 bridgehead atoms. The molecule has 3 aromatic rings. The second kappa shape index (κ2) is 10.9. The van der Waals surface area contributed by atoms with E-state index in [1.54, 1.807) is 0 Å². The molecule has 0 unspecified atom stereocenters. The maximum absolute atomic E-state index is 12.8. The first-order valence-corrected chi connectivity index (χ1v) is 11.1. The lowest BCUT2D eigenvalue weighted by Gasteiger charge is -2.11. The lowest BCUT2D eigenvalue weighted by molar-refractivity contribution is 0.102. The molecule has 0 aliphatic rings. The van der Waals surface area contributed by atoms with E-state index in [1.165, 1.54) is 17.4 Å². The summed E-state index contributed by atoms with van der Waals surface area (Å²) in [5.41, 5.74) is 6.15. The third kappa shape index (κ3) is 5.32. The van der Waals surface area contributed by atoms with E-state index in [0.29, 0.717) is 5.16 Å².